The van der Waals surface area contributed by atoms with E-state index in [-0.39, 0.29) is 24.1 Å². The van der Waals surface area contributed by atoms with Gasteiger partial charge in [-0.3, -0.25) is 9.59 Å². The highest BCUT2D eigenvalue weighted by molar-refractivity contribution is 5.98. The lowest BCUT2D eigenvalue weighted by atomic mass is 10.0. The van der Waals surface area contributed by atoms with Crippen molar-refractivity contribution in [1.82, 2.24) is 10.2 Å². The number of nitrogens with one attached hydrogen (secondary N) is 1. The van der Waals surface area contributed by atoms with Gasteiger partial charge in [0, 0.05) is 31.5 Å². The Bertz CT molecular complexity index is 502. The van der Waals surface area contributed by atoms with Crippen LogP contribution in [-0.2, 0) is 4.79 Å². The van der Waals surface area contributed by atoms with E-state index in [4.69, 9.17) is 0 Å². The number of carbonyl (C=O) groups excluding carboxylic acids is 2. The number of halogens is 1. The van der Waals surface area contributed by atoms with Gasteiger partial charge in [0.2, 0.25) is 5.91 Å². The van der Waals surface area contributed by atoms with Crippen LogP contribution in [0.2, 0.25) is 0 Å². The molecule has 0 radical (unpaired) electrons. The first-order valence-corrected chi connectivity index (χ1v) is 7.62. The van der Waals surface area contributed by atoms with Crippen LogP contribution in [-0.4, -0.2) is 43.3 Å². The molecule has 1 aromatic rings. The number of likely N-dealkylation sites (tertiary alicyclic amines) is 1. The van der Waals surface area contributed by atoms with E-state index in [1.807, 2.05) is 43.1 Å². The Morgan fingerprint density at radius 3 is 2.55 bits per heavy atom. The van der Waals surface area contributed by atoms with E-state index < -0.39 is 0 Å². The van der Waals surface area contributed by atoms with Crippen molar-refractivity contribution in [3.63, 3.8) is 0 Å². The first-order chi connectivity index (χ1) is 10.1. The van der Waals surface area contributed by atoms with Crippen LogP contribution >= 0.6 is 12.4 Å². The number of rotatable bonds is 6. The van der Waals surface area contributed by atoms with Crippen molar-refractivity contribution in [3.8, 4) is 0 Å². The molecular formula is C17H25ClN2O2. The summed E-state index contributed by atoms with van der Waals surface area (Å²) in [5.74, 6) is 0.704. The summed E-state index contributed by atoms with van der Waals surface area (Å²) >= 11 is 0. The molecule has 1 N–H and O–H groups in total. The molecule has 1 saturated heterocycles. The summed E-state index contributed by atoms with van der Waals surface area (Å²) in [5, 5.41) is 3.15. The van der Waals surface area contributed by atoms with Gasteiger partial charge in [-0.15, -0.1) is 12.4 Å². The highest BCUT2D eigenvalue weighted by Gasteiger charge is 2.25. The molecule has 1 aliphatic heterocycles. The van der Waals surface area contributed by atoms with Crippen molar-refractivity contribution < 1.29 is 9.59 Å². The normalized spacial score (nSPS) is 17.2. The van der Waals surface area contributed by atoms with Gasteiger partial charge in [0.1, 0.15) is 0 Å². The van der Waals surface area contributed by atoms with Gasteiger partial charge in [0.25, 0.3) is 0 Å². The van der Waals surface area contributed by atoms with Crippen LogP contribution in [0.25, 0.3) is 0 Å². The number of nitrogens with zero attached hydrogens (tertiary/aromatic N) is 1. The molecule has 5 heteroatoms. The summed E-state index contributed by atoms with van der Waals surface area (Å²) in [6.45, 7) is 4.58. The molecule has 1 atom stereocenters. The van der Waals surface area contributed by atoms with Gasteiger partial charge in [0.15, 0.2) is 5.78 Å². The van der Waals surface area contributed by atoms with Crippen molar-refractivity contribution in [2.75, 3.05) is 26.7 Å². The number of hydrogen-bond acceptors (Lipinski definition) is 3. The maximum atomic E-state index is 12.1. The van der Waals surface area contributed by atoms with E-state index in [0.717, 1.165) is 31.6 Å². The maximum absolute atomic E-state index is 12.1. The number of aryl methyl sites for hydroxylation is 1. The Balaban J connectivity index is 0.00000242. The Kier molecular flexibility index (Phi) is 7.56. The zero-order valence-corrected chi connectivity index (χ0v) is 14.1. The molecule has 1 fully saturated rings. The minimum absolute atomic E-state index is 0. The lowest BCUT2D eigenvalue weighted by Gasteiger charge is -2.16. The number of ketones is 1. The highest BCUT2D eigenvalue weighted by atomic mass is 35.5. The highest BCUT2D eigenvalue weighted by Crippen LogP contribution is 2.17. The summed E-state index contributed by atoms with van der Waals surface area (Å²) in [6, 6.07) is 7.53. The molecule has 0 bridgehead atoms. The molecule has 1 unspecified atom stereocenters. The van der Waals surface area contributed by atoms with E-state index in [9.17, 15) is 9.59 Å². The molecule has 0 aliphatic carbocycles. The minimum atomic E-state index is 0. The van der Waals surface area contributed by atoms with Crippen LogP contribution in [0.3, 0.4) is 0 Å². The molecule has 22 heavy (non-hydrogen) atoms. The Morgan fingerprint density at radius 1 is 1.23 bits per heavy atom. The van der Waals surface area contributed by atoms with Crippen LogP contribution < -0.4 is 5.32 Å². The number of Topliss-reactive ketones (excluding diaryl/α,β-unsaturated/α-hetero) is 1. The van der Waals surface area contributed by atoms with Crippen LogP contribution in [0.5, 0.6) is 0 Å². The first kappa shape index (κ1) is 18.7. The second-order valence-corrected chi connectivity index (χ2v) is 5.84. The fourth-order valence-corrected chi connectivity index (χ4v) is 2.78. The molecule has 0 spiro atoms. The molecule has 1 aromatic carbocycles. The smallest absolute Gasteiger partial charge is 0.223 e. The first-order valence-electron chi connectivity index (χ1n) is 7.62. The van der Waals surface area contributed by atoms with Crippen LogP contribution in [0.4, 0.5) is 0 Å². The number of benzene rings is 1. The molecule has 4 nitrogen and oxygen atoms in total. The van der Waals surface area contributed by atoms with E-state index in [0.29, 0.717) is 24.3 Å². The lowest BCUT2D eigenvalue weighted by molar-refractivity contribution is -0.130. The quantitative estimate of drug-likeness (QED) is 0.818. The van der Waals surface area contributed by atoms with Gasteiger partial charge in [-0.2, -0.15) is 0 Å². The SMILES string of the molecule is CNCC1CCN(C(=O)CCC(=O)c2ccc(C)cc2)C1.Cl. The summed E-state index contributed by atoms with van der Waals surface area (Å²) in [4.78, 5) is 26.1. The molecule has 1 aliphatic rings. The van der Waals surface area contributed by atoms with Crippen molar-refractivity contribution in [2.24, 2.45) is 5.92 Å². The zero-order chi connectivity index (χ0) is 15.2. The zero-order valence-electron chi connectivity index (χ0n) is 13.3. The standard InChI is InChI=1S/C17H24N2O2.ClH/c1-13-3-5-15(6-4-13)16(20)7-8-17(21)19-10-9-14(12-19)11-18-2;/h3-6,14,18H,7-12H2,1-2H3;1H. The van der Waals surface area contributed by atoms with Crippen molar-refractivity contribution in [1.29, 1.82) is 0 Å². The molecule has 1 heterocycles. The lowest BCUT2D eigenvalue weighted by Crippen LogP contribution is -2.30. The monoisotopic (exact) mass is 324 g/mol. The fraction of sp³-hybridized carbons (Fsp3) is 0.529. The van der Waals surface area contributed by atoms with Gasteiger partial charge in [-0.05, 0) is 32.9 Å². The van der Waals surface area contributed by atoms with Gasteiger partial charge in [0.05, 0.1) is 0 Å². The Hall–Kier alpha value is -1.39. The van der Waals surface area contributed by atoms with Crippen molar-refractivity contribution in [2.45, 2.75) is 26.2 Å². The third-order valence-electron chi connectivity index (χ3n) is 4.07. The van der Waals surface area contributed by atoms with E-state index in [2.05, 4.69) is 5.32 Å². The average Bonchev–Trinajstić information content (AvgIpc) is 2.94. The van der Waals surface area contributed by atoms with Gasteiger partial charge < -0.3 is 10.2 Å². The average molecular weight is 325 g/mol. The number of carbonyl (C=O) groups is 2. The molecule has 122 valence electrons. The molecular weight excluding hydrogens is 300 g/mol. The maximum Gasteiger partial charge on any atom is 0.223 e. The van der Waals surface area contributed by atoms with Gasteiger partial charge in [-0.25, -0.2) is 0 Å². The summed E-state index contributed by atoms with van der Waals surface area (Å²) in [5.41, 5.74) is 1.83. The van der Waals surface area contributed by atoms with Crippen molar-refractivity contribution >= 4 is 24.1 Å². The predicted octanol–water partition coefficient (Wildman–Crippen LogP) is 2.45. The van der Waals surface area contributed by atoms with Crippen molar-refractivity contribution in [3.05, 3.63) is 35.4 Å². The fourth-order valence-electron chi connectivity index (χ4n) is 2.78. The van der Waals surface area contributed by atoms with Gasteiger partial charge in [-0.1, -0.05) is 29.8 Å². The van der Waals surface area contributed by atoms with E-state index in [1.165, 1.54) is 0 Å². The third kappa shape index (κ3) is 5.11. The number of hydrogen-bond donors (Lipinski definition) is 1. The van der Waals surface area contributed by atoms with E-state index >= 15 is 0 Å². The van der Waals surface area contributed by atoms with E-state index in [1.54, 1.807) is 0 Å². The van der Waals surface area contributed by atoms with Crippen LogP contribution in [0.15, 0.2) is 24.3 Å². The second kappa shape index (κ2) is 8.91. The molecule has 2 rings (SSSR count). The predicted molar refractivity (Wildman–Crippen MR) is 90.6 cm³/mol. The molecule has 1 amide bonds. The summed E-state index contributed by atoms with van der Waals surface area (Å²) in [6.07, 6.45) is 1.67. The topological polar surface area (TPSA) is 49.4 Å². The Morgan fingerprint density at radius 2 is 1.91 bits per heavy atom. The molecule has 0 saturated carbocycles. The van der Waals surface area contributed by atoms with Crippen LogP contribution in [0.1, 0.15) is 35.2 Å². The van der Waals surface area contributed by atoms with Gasteiger partial charge >= 0.3 is 0 Å². The molecule has 0 aromatic heterocycles. The van der Waals surface area contributed by atoms with Crippen LogP contribution in [0, 0.1) is 12.8 Å². The minimum Gasteiger partial charge on any atom is -0.342 e. The largest absolute Gasteiger partial charge is 0.342 e. The second-order valence-electron chi connectivity index (χ2n) is 5.84. The third-order valence-corrected chi connectivity index (χ3v) is 4.07. The number of amides is 1. The Labute approximate surface area is 138 Å². The summed E-state index contributed by atoms with van der Waals surface area (Å²) in [7, 11) is 1.94. The summed E-state index contributed by atoms with van der Waals surface area (Å²) < 4.78 is 0.